The summed E-state index contributed by atoms with van der Waals surface area (Å²) in [6.45, 7) is 16.6. The third-order valence-electron chi connectivity index (χ3n) is 11.2. The first-order valence-corrected chi connectivity index (χ1v) is 15.9. The molecule has 3 aliphatic rings. The van der Waals surface area contributed by atoms with Gasteiger partial charge < -0.3 is 0 Å². The largest absolute Gasteiger partial charge is 0.103 e. The van der Waals surface area contributed by atoms with Crippen molar-refractivity contribution >= 4 is 0 Å². The minimum absolute atomic E-state index is 0.477. The maximum Gasteiger partial charge on any atom is -0.0258 e. The lowest BCUT2D eigenvalue weighted by atomic mass is 9.46. The third-order valence-corrected chi connectivity index (χ3v) is 11.2. The Kier molecular flexibility index (Phi) is 11.1. The van der Waals surface area contributed by atoms with Crippen LogP contribution in [0.5, 0.6) is 0 Å². The van der Waals surface area contributed by atoms with Gasteiger partial charge in [-0.25, -0.2) is 0 Å². The molecule has 0 aromatic rings. The predicted octanol–water partition coefficient (Wildman–Crippen LogP) is 11.4. The van der Waals surface area contributed by atoms with Crippen molar-refractivity contribution in [3.63, 3.8) is 0 Å². The number of rotatable bonds is 20. The van der Waals surface area contributed by atoms with Gasteiger partial charge in [0.25, 0.3) is 0 Å². The van der Waals surface area contributed by atoms with Gasteiger partial charge in [0.1, 0.15) is 0 Å². The fourth-order valence-corrected chi connectivity index (χ4v) is 8.14. The van der Waals surface area contributed by atoms with Gasteiger partial charge >= 0.3 is 0 Å². The Bertz CT molecular complexity index is 583. The molecular formula is C34H62. The van der Waals surface area contributed by atoms with E-state index in [-0.39, 0.29) is 0 Å². The zero-order chi connectivity index (χ0) is 24.6. The lowest BCUT2D eigenvalue weighted by Crippen LogP contribution is -2.51. The van der Waals surface area contributed by atoms with Gasteiger partial charge in [-0.1, -0.05) is 124 Å². The summed E-state index contributed by atoms with van der Waals surface area (Å²) in [6, 6.07) is 0. The lowest BCUT2D eigenvalue weighted by molar-refractivity contribution is -0.0927. The zero-order valence-electron chi connectivity index (χ0n) is 24.2. The molecule has 0 heteroatoms. The van der Waals surface area contributed by atoms with Crippen molar-refractivity contribution in [1.29, 1.82) is 0 Å². The van der Waals surface area contributed by atoms with E-state index in [4.69, 9.17) is 0 Å². The quantitative estimate of drug-likeness (QED) is 0.122. The molecule has 6 atom stereocenters. The second-order valence-corrected chi connectivity index (χ2v) is 14.2. The SMILES string of the molecule is C=CCC(C)(CCCCC1C(CCCCCCCCCCC)C1CC1CC1)C1CC(C)C1(C)C. The lowest BCUT2D eigenvalue weighted by Gasteiger charge is -2.59. The molecule has 0 aliphatic heterocycles. The Balaban J connectivity index is 1.32. The van der Waals surface area contributed by atoms with E-state index in [0.717, 1.165) is 35.5 Å². The summed E-state index contributed by atoms with van der Waals surface area (Å²) in [5.41, 5.74) is 0.995. The molecule has 3 saturated carbocycles. The molecule has 0 N–H and O–H groups in total. The highest BCUT2D eigenvalue weighted by Crippen LogP contribution is 2.61. The topological polar surface area (TPSA) is 0 Å². The van der Waals surface area contributed by atoms with E-state index < -0.39 is 0 Å². The number of unbranched alkanes of at least 4 members (excludes halogenated alkanes) is 9. The van der Waals surface area contributed by atoms with Gasteiger partial charge in [-0.2, -0.15) is 0 Å². The molecule has 0 aromatic heterocycles. The number of hydrogen-bond acceptors (Lipinski definition) is 0. The van der Waals surface area contributed by atoms with Crippen LogP contribution in [0.4, 0.5) is 0 Å². The molecule has 0 heterocycles. The molecule has 0 saturated heterocycles. The van der Waals surface area contributed by atoms with Crippen molar-refractivity contribution in [2.45, 2.75) is 157 Å². The van der Waals surface area contributed by atoms with Crippen molar-refractivity contribution in [2.24, 2.45) is 46.3 Å². The predicted molar refractivity (Wildman–Crippen MR) is 152 cm³/mol. The van der Waals surface area contributed by atoms with E-state index in [1.807, 2.05) is 0 Å². The van der Waals surface area contributed by atoms with E-state index in [2.05, 4.69) is 47.3 Å². The molecule has 0 radical (unpaired) electrons. The van der Waals surface area contributed by atoms with Crippen LogP contribution >= 0.6 is 0 Å². The summed E-state index contributed by atoms with van der Waals surface area (Å²) in [5.74, 6) is 6.22. The van der Waals surface area contributed by atoms with E-state index >= 15 is 0 Å². The highest BCUT2D eigenvalue weighted by molar-refractivity contribution is 5.04. The second kappa shape index (κ2) is 13.3. The van der Waals surface area contributed by atoms with Gasteiger partial charge in [0.15, 0.2) is 0 Å². The molecule has 6 unspecified atom stereocenters. The molecule has 3 fully saturated rings. The van der Waals surface area contributed by atoms with Crippen LogP contribution in [0.2, 0.25) is 0 Å². The Morgan fingerprint density at radius 1 is 0.824 bits per heavy atom. The van der Waals surface area contributed by atoms with Crippen molar-refractivity contribution < 1.29 is 0 Å². The molecular weight excluding hydrogens is 408 g/mol. The summed E-state index contributed by atoms with van der Waals surface area (Å²) < 4.78 is 0. The van der Waals surface area contributed by atoms with E-state index in [1.54, 1.807) is 25.7 Å². The summed E-state index contributed by atoms with van der Waals surface area (Å²) in [7, 11) is 0. The van der Waals surface area contributed by atoms with E-state index in [1.165, 1.54) is 96.3 Å². The van der Waals surface area contributed by atoms with Gasteiger partial charge in [-0.3, -0.25) is 0 Å². The monoisotopic (exact) mass is 470 g/mol. The highest BCUT2D eigenvalue weighted by atomic mass is 14.6. The summed E-state index contributed by atoms with van der Waals surface area (Å²) in [6.07, 6.45) is 30.2. The Morgan fingerprint density at radius 2 is 1.38 bits per heavy atom. The Morgan fingerprint density at radius 3 is 1.88 bits per heavy atom. The van der Waals surface area contributed by atoms with Crippen LogP contribution in [0.25, 0.3) is 0 Å². The molecule has 0 bridgehead atoms. The molecule has 3 rings (SSSR count). The van der Waals surface area contributed by atoms with Gasteiger partial charge in [0, 0.05) is 0 Å². The number of hydrogen-bond donors (Lipinski definition) is 0. The fraction of sp³-hybridized carbons (Fsp3) is 0.941. The first-order valence-electron chi connectivity index (χ1n) is 15.9. The Hall–Kier alpha value is -0.260. The average molecular weight is 471 g/mol. The van der Waals surface area contributed by atoms with E-state index in [9.17, 15) is 0 Å². The van der Waals surface area contributed by atoms with Crippen molar-refractivity contribution in [1.82, 2.24) is 0 Å². The van der Waals surface area contributed by atoms with Crippen molar-refractivity contribution in [3.8, 4) is 0 Å². The summed E-state index contributed by atoms with van der Waals surface area (Å²) >= 11 is 0. The Labute approximate surface area is 215 Å². The summed E-state index contributed by atoms with van der Waals surface area (Å²) in [5, 5.41) is 0. The number of allylic oxidation sites excluding steroid dienone is 1. The molecule has 34 heavy (non-hydrogen) atoms. The van der Waals surface area contributed by atoms with Crippen LogP contribution in [0.15, 0.2) is 12.7 Å². The van der Waals surface area contributed by atoms with Gasteiger partial charge in [-0.05, 0) is 84.9 Å². The maximum absolute atomic E-state index is 4.14. The first kappa shape index (κ1) is 28.3. The van der Waals surface area contributed by atoms with Crippen LogP contribution in [0.1, 0.15) is 157 Å². The standard InChI is InChI=1S/C34H62/c1-7-9-10-11-12-13-14-15-16-19-29-30(31(29)26-28-21-22-28)20-17-18-24-34(6,23-8-2)32-25-27(3)33(32,4)5/h8,27-32H,2,7,9-26H2,1,3-6H3. The zero-order valence-corrected chi connectivity index (χ0v) is 24.2. The van der Waals surface area contributed by atoms with Crippen LogP contribution in [-0.4, -0.2) is 0 Å². The molecule has 0 spiro atoms. The molecule has 0 amide bonds. The summed E-state index contributed by atoms with van der Waals surface area (Å²) in [4.78, 5) is 0. The van der Waals surface area contributed by atoms with Gasteiger partial charge in [0.2, 0.25) is 0 Å². The van der Waals surface area contributed by atoms with Crippen molar-refractivity contribution in [2.75, 3.05) is 0 Å². The molecule has 3 aliphatic carbocycles. The first-order chi connectivity index (χ1) is 16.3. The van der Waals surface area contributed by atoms with Crippen LogP contribution < -0.4 is 0 Å². The maximum atomic E-state index is 4.14. The fourth-order valence-electron chi connectivity index (χ4n) is 8.14. The second-order valence-electron chi connectivity index (χ2n) is 14.2. The van der Waals surface area contributed by atoms with Crippen LogP contribution in [0.3, 0.4) is 0 Å². The smallest absolute Gasteiger partial charge is 0.0258 e. The van der Waals surface area contributed by atoms with Gasteiger partial charge in [-0.15, -0.1) is 6.58 Å². The highest BCUT2D eigenvalue weighted by Gasteiger charge is 2.53. The minimum atomic E-state index is 0.477. The van der Waals surface area contributed by atoms with Crippen LogP contribution in [-0.2, 0) is 0 Å². The van der Waals surface area contributed by atoms with E-state index in [0.29, 0.717) is 10.8 Å². The molecule has 0 nitrogen and oxygen atoms in total. The molecule has 198 valence electrons. The van der Waals surface area contributed by atoms with Crippen LogP contribution in [0, 0.1) is 46.3 Å². The van der Waals surface area contributed by atoms with Crippen molar-refractivity contribution in [3.05, 3.63) is 12.7 Å². The third kappa shape index (κ3) is 7.87. The van der Waals surface area contributed by atoms with Gasteiger partial charge in [0.05, 0.1) is 0 Å². The molecule has 0 aromatic carbocycles. The minimum Gasteiger partial charge on any atom is -0.103 e. The average Bonchev–Trinajstić information content (AvgIpc) is 3.73. The normalized spacial score (nSPS) is 31.6.